The number of ether oxygens (including phenoxy) is 3. The molecule has 5 nitrogen and oxygen atoms in total. The summed E-state index contributed by atoms with van der Waals surface area (Å²) < 4.78 is 15.2. The number of esters is 2. The summed E-state index contributed by atoms with van der Waals surface area (Å²) in [5.74, 6) is -1.70. The lowest BCUT2D eigenvalue weighted by molar-refractivity contribution is -0.162. The van der Waals surface area contributed by atoms with E-state index >= 15 is 0 Å². The minimum Gasteiger partial charge on any atom is -0.465 e. The predicted octanol–water partition coefficient (Wildman–Crippen LogP) is 2.35. The summed E-state index contributed by atoms with van der Waals surface area (Å²) in [5, 5.41) is 0. The summed E-state index contributed by atoms with van der Waals surface area (Å²) in [6.07, 6.45) is 2.86. The van der Waals surface area contributed by atoms with E-state index < -0.39 is 17.9 Å². The van der Waals surface area contributed by atoms with Crippen LogP contribution in [0.5, 0.6) is 0 Å². The predicted molar refractivity (Wildman–Crippen MR) is 76.2 cm³/mol. The van der Waals surface area contributed by atoms with Gasteiger partial charge in [-0.25, -0.2) is 0 Å². The fraction of sp³-hybridized carbons (Fsp3) is 0.733. The van der Waals surface area contributed by atoms with Crippen LogP contribution in [0.3, 0.4) is 0 Å². The Morgan fingerprint density at radius 1 is 1.15 bits per heavy atom. The summed E-state index contributed by atoms with van der Waals surface area (Å²) in [7, 11) is 0. The fourth-order valence-electron chi connectivity index (χ4n) is 1.75. The van der Waals surface area contributed by atoms with Crippen LogP contribution >= 0.6 is 0 Å². The third-order valence-electron chi connectivity index (χ3n) is 2.77. The van der Waals surface area contributed by atoms with Gasteiger partial charge in [-0.1, -0.05) is 13.0 Å². The summed E-state index contributed by atoms with van der Waals surface area (Å²) in [6, 6.07) is 0. The summed E-state index contributed by atoms with van der Waals surface area (Å²) in [6.45, 7) is 10.6. The van der Waals surface area contributed by atoms with E-state index in [4.69, 9.17) is 14.2 Å². The number of hydrogen-bond donors (Lipinski definition) is 0. The highest BCUT2D eigenvalue weighted by atomic mass is 16.6. The van der Waals surface area contributed by atoms with Crippen molar-refractivity contribution < 1.29 is 23.8 Å². The average molecular weight is 286 g/mol. The molecule has 0 aliphatic rings. The molecule has 20 heavy (non-hydrogen) atoms. The zero-order valence-corrected chi connectivity index (χ0v) is 12.7. The van der Waals surface area contributed by atoms with Gasteiger partial charge >= 0.3 is 11.9 Å². The van der Waals surface area contributed by atoms with E-state index in [9.17, 15) is 9.59 Å². The summed E-state index contributed by atoms with van der Waals surface area (Å²) in [4.78, 5) is 23.6. The number of rotatable bonds is 11. The van der Waals surface area contributed by atoms with Crippen LogP contribution in [-0.2, 0) is 23.8 Å². The molecule has 0 rings (SSSR count). The molecule has 116 valence electrons. The van der Waals surface area contributed by atoms with Gasteiger partial charge < -0.3 is 14.2 Å². The minimum atomic E-state index is -0.843. The van der Waals surface area contributed by atoms with Crippen LogP contribution in [0.25, 0.3) is 0 Å². The molecule has 0 saturated heterocycles. The highest BCUT2D eigenvalue weighted by molar-refractivity contribution is 5.94. The molecule has 0 radical (unpaired) electrons. The normalized spacial score (nSPS) is 12.0. The molecule has 0 unspecified atom stereocenters. The molecule has 0 heterocycles. The van der Waals surface area contributed by atoms with Gasteiger partial charge in [0, 0.05) is 6.61 Å². The zero-order valence-electron chi connectivity index (χ0n) is 12.7. The largest absolute Gasteiger partial charge is 0.465 e. The second kappa shape index (κ2) is 11.5. The molecule has 0 aromatic rings. The van der Waals surface area contributed by atoms with Crippen molar-refractivity contribution in [3.63, 3.8) is 0 Å². The van der Waals surface area contributed by atoms with Crippen LogP contribution < -0.4 is 0 Å². The third-order valence-corrected chi connectivity index (χ3v) is 2.77. The average Bonchev–Trinajstić information content (AvgIpc) is 2.41. The SMILES string of the molecule is C=CCOCC[C@@H](C)CC(C(=O)OCC)C(=O)OCC. The molecule has 5 heteroatoms. The summed E-state index contributed by atoms with van der Waals surface area (Å²) >= 11 is 0. The van der Waals surface area contributed by atoms with Crippen LogP contribution in [0.4, 0.5) is 0 Å². The van der Waals surface area contributed by atoms with E-state index in [1.54, 1.807) is 19.9 Å². The molecule has 0 aliphatic heterocycles. The third kappa shape index (κ3) is 7.94. The number of carbonyl (C=O) groups is 2. The van der Waals surface area contributed by atoms with Crippen molar-refractivity contribution in [3.05, 3.63) is 12.7 Å². The Kier molecular flexibility index (Phi) is 10.7. The lowest BCUT2D eigenvalue weighted by atomic mass is 9.93. The van der Waals surface area contributed by atoms with Crippen molar-refractivity contribution in [2.75, 3.05) is 26.4 Å². The molecule has 0 N–H and O–H groups in total. The van der Waals surface area contributed by atoms with Crippen molar-refractivity contribution in [3.8, 4) is 0 Å². The molecule has 0 saturated carbocycles. The second-order valence-electron chi connectivity index (χ2n) is 4.55. The Hall–Kier alpha value is -1.36. The van der Waals surface area contributed by atoms with Gasteiger partial charge in [0.15, 0.2) is 5.92 Å². The van der Waals surface area contributed by atoms with E-state index in [-0.39, 0.29) is 19.1 Å². The number of hydrogen-bond acceptors (Lipinski definition) is 5. The van der Waals surface area contributed by atoms with Crippen molar-refractivity contribution >= 4 is 11.9 Å². The Morgan fingerprint density at radius 2 is 1.70 bits per heavy atom. The maximum Gasteiger partial charge on any atom is 0.320 e. The van der Waals surface area contributed by atoms with Crippen LogP contribution in [-0.4, -0.2) is 38.4 Å². The van der Waals surface area contributed by atoms with Crippen molar-refractivity contribution in [2.24, 2.45) is 11.8 Å². The Morgan fingerprint density at radius 3 is 2.15 bits per heavy atom. The molecule has 0 aromatic heterocycles. The van der Waals surface area contributed by atoms with Gasteiger partial charge in [-0.2, -0.15) is 0 Å². The quantitative estimate of drug-likeness (QED) is 0.252. The molecule has 1 atom stereocenters. The molecule has 0 aromatic carbocycles. The van der Waals surface area contributed by atoms with Crippen molar-refractivity contribution in [2.45, 2.75) is 33.6 Å². The van der Waals surface area contributed by atoms with Gasteiger partial charge in [0.2, 0.25) is 0 Å². The first-order valence-electron chi connectivity index (χ1n) is 7.08. The smallest absolute Gasteiger partial charge is 0.320 e. The van der Waals surface area contributed by atoms with Crippen LogP contribution in [0.2, 0.25) is 0 Å². The van der Waals surface area contributed by atoms with E-state index in [1.807, 2.05) is 6.92 Å². The van der Waals surface area contributed by atoms with E-state index in [0.29, 0.717) is 19.6 Å². The molecule has 0 bridgehead atoms. The number of carbonyl (C=O) groups excluding carboxylic acids is 2. The second-order valence-corrected chi connectivity index (χ2v) is 4.55. The maximum atomic E-state index is 11.8. The lowest BCUT2D eigenvalue weighted by Crippen LogP contribution is -2.30. The first kappa shape index (κ1) is 18.6. The Bertz CT molecular complexity index is 283. The molecule has 0 spiro atoms. The van der Waals surface area contributed by atoms with E-state index in [2.05, 4.69) is 6.58 Å². The van der Waals surface area contributed by atoms with Gasteiger partial charge in [0.25, 0.3) is 0 Å². The van der Waals surface area contributed by atoms with Crippen molar-refractivity contribution in [1.29, 1.82) is 0 Å². The Balaban J connectivity index is 4.35. The van der Waals surface area contributed by atoms with Gasteiger partial charge in [-0.3, -0.25) is 9.59 Å². The minimum absolute atomic E-state index is 0.165. The first-order chi connectivity index (χ1) is 9.56. The van der Waals surface area contributed by atoms with Gasteiger partial charge in [-0.15, -0.1) is 6.58 Å². The highest BCUT2D eigenvalue weighted by Crippen LogP contribution is 2.18. The fourth-order valence-corrected chi connectivity index (χ4v) is 1.75. The molecular weight excluding hydrogens is 260 g/mol. The van der Waals surface area contributed by atoms with Crippen LogP contribution in [0, 0.1) is 11.8 Å². The van der Waals surface area contributed by atoms with Crippen LogP contribution in [0.1, 0.15) is 33.6 Å². The first-order valence-corrected chi connectivity index (χ1v) is 7.08. The standard InChI is InChI=1S/C15H26O5/c1-5-9-18-10-8-12(4)11-13(14(16)19-6-2)15(17)20-7-3/h5,12-13H,1,6-11H2,2-4H3/t12-/m1/s1. The molecule has 0 aliphatic carbocycles. The molecule has 0 fully saturated rings. The van der Waals surface area contributed by atoms with Gasteiger partial charge in [0.1, 0.15) is 0 Å². The highest BCUT2D eigenvalue weighted by Gasteiger charge is 2.30. The monoisotopic (exact) mass is 286 g/mol. The van der Waals surface area contributed by atoms with Crippen LogP contribution in [0.15, 0.2) is 12.7 Å². The lowest BCUT2D eigenvalue weighted by Gasteiger charge is -2.18. The van der Waals surface area contributed by atoms with Crippen molar-refractivity contribution in [1.82, 2.24) is 0 Å². The maximum absolute atomic E-state index is 11.8. The topological polar surface area (TPSA) is 61.8 Å². The van der Waals surface area contributed by atoms with Gasteiger partial charge in [-0.05, 0) is 32.6 Å². The summed E-state index contributed by atoms with van der Waals surface area (Å²) in [5.41, 5.74) is 0. The van der Waals surface area contributed by atoms with E-state index in [0.717, 1.165) is 6.42 Å². The molecular formula is C15H26O5. The Labute approximate surface area is 121 Å². The van der Waals surface area contributed by atoms with Gasteiger partial charge in [0.05, 0.1) is 19.8 Å². The molecule has 0 amide bonds. The zero-order chi connectivity index (χ0) is 15.4. The van der Waals surface area contributed by atoms with E-state index in [1.165, 1.54) is 0 Å².